The van der Waals surface area contributed by atoms with Crippen LogP contribution in [-0.4, -0.2) is 58.5 Å². The maximum atomic E-state index is 12.9. The Labute approximate surface area is 190 Å². The molecule has 10 nitrogen and oxygen atoms in total. The van der Waals surface area contributed by atoms with E-state index in [4.69, 9.17) is 20.4 Å². The molecular formula is C23H25N3O7. The van der Waals surface area contributed by atoms with E-state index in [-0.39, 0.29) is 55.1 Å². The molecule has 3 rings (SSSR count). The minimum absolute atomic E-state index is 0.0523. The summed E-state index contributed by atoms with van der Waals surface area (Å²) >= 11 is 0. The number of phenolic OH excluding ortho intramolecular Hbond substituents is 1. The van der Waals surface area contributed by atoms with Crippen molar-refractivity contribution in [3.63, 3.8) is 0 Å². The van der Waals surface area contributed by atoms with Crippen molar-refractivity contribution in [2.75, 3.05) is 19.8 Å². The molecule has 10 heteroatoms. The molecule has 174 valence electrons. The molecule has 2 aromatic rings. The molecule has 0 aromatic heterocycles. The molecule has 0 radical (unpaired) electrons. The fourth-order valence-electron chi connectivity index (χ4n) is 3.64. The van der Waals surface area contributed by atoms with Crippen LogP contribution in [-0.2, 0) is 22.5 Å². The maximum absolute atomic E-state index is 12.9. The van der Waals surface area contributed by atoms with Gasteiger partial charge in [-0.1, -0.05) is 18.1 Å². The van der Waals surface area contributed by atoms with Crippen LogP contribution in [0.1, 0.15) is 51.3 Å². The van der Waals surface area contributed by atoms with Crippen molar-refractivity contribution < 1.29 is 34.2 Å². The summed E-state index contributed by atoms with van der Waals surface area (Å²) in [6.07, 6.45) is 0.357. The second-order valence-corrected chi connectivity index (χ2v) is 7.33. The van der Waals surface area contributed by atoms with Gasteiger partial charge in [-0.2, -0.15) is 0 Å². The molecule has 0 saturated heterocycles. The summed E-state index contributed by atoms with van der Waals surface area (Å²) in [6, 6.07) is 7.68. The third kappa shape index (κ3) is 4.89. The van der Waals surface area contributed by atoms with Crippen LogP contribution < -0.4 is 10.5 Å². The number of amidine groups is 1. The Morgan fingerprint density at radius 1 is 1.21 bits per heavy atom. The number of fused-ring (bicyclic) bond motifs is 1. The Kier molecular flexibility index (Phi) is 7.17. The molecule has 0 saturated carbocycles. The fraction of sp³-hybridized carbons (Fsp3) is 0.304. The van der Waals surface area contributed by atoms with Gasteiger partial charge in [0, 0.05) is 23.2 Å². The predicted molar refractivity (Wildman–Crippen MR) is 118 cm³/mol. The van der Waals surface area contributed by atoms with Gasteiger partial charge < -0.3 is 30.4 Å². The van der Waals surface area contributed by atoms with Gasteiger partial charge in [0.25, 0.3) is 5.91 Å². The van der Waals surface area contributed by atoms with Gasteiger partial charge in [0.2, 0.25) is 0 Å². The number of aromatic hydroxyl groups is 1. The number of rotatable bonds is 9. The summed E-state index contributed by atoms with van der Waals surface area (Å²) < 4.78 is 10.3. The van der Waals surface area contributed by atoms with Gasteiger partial charge in [0.05, 0.1) is 18.7 Å². The van der Waals surface area contributed by atoms with Crippen molar-refractivity contribution in [1.29, 1.82) is 0 Å². The van der Waals surface area contributed by atoms with Crippen molar-refractivity contribution in [2.45, 2.75) is 26.8 Å². The zero-order chi connectivity index (χ0) is 24.1. The quantitative estimate of drug-likeness (QED) is 0.129. The van der Waals surface area contributed by atoms with Crippen molar-refractivity contribution in [2.24, 2.45) is 10.9 Å². The second-order valence-electron chi connectivity index (χ2n) is 7.33. The number of phenols is 1. The summed E-state index contributed by atoms with van der Waals surface area (Å²) in [5.74, 6) is -1.36. The highest BCUT2D eigenvalue weighted by Crippen LogP contribution is 2.33. The number of amides is 1. The summed E-state index contributed by atoms with van der Waals surface area (Å²) in [4.78, 5) is 38.5. The minimum Gasteiger partial charge on any atom is -0.507 e. The highest BCUT2D eigenvalue weighted by Gasteiger charge is 2.30. The first-order chi connectivity index (χ1) is 15.8. The molecule has 0 atom stereocenters. The number of hydrogen-bond donors (Lipinski definition) is 3. The van der Waals surface area contributed by atoms with E-state index in [1.54, 1.807) is 32.0 Å². The number of hydrogen-bond acceptors (Lipinski definition) is 8. The second kappa shape index (κ2) is 10.0. The largest absolute Gasteiger partial charge is 0.507 e. The summed E-state index contributed by atoms with van der Waals surface area (Å²) in [6.45, 7) is 3.30. The Hall–Kier alpha value is -4.08. The number of carbonyl (C=O) groups is 3. The topological polar surface area (TPSA) is 152 Å². The standard InChI is InChI=1S/C23H25N3O7/c1-3-15-19(33-12-20(28)32-4-2)8-7-17(21(15)29)18(27)11-26-10-14-9-13(22(24)25-31)5-6-16(14)23(26)30/h5-9,29,31H,3-4,10-12H2,1-2H3,(H2,24,25). The Morgan fingerprint density at radius 3 is 2.64 bits per heavy atom. The number of nitrogens with two attached hydrogens (primary N) is 1. The van der Waals surface area contributed by atoms with E-state index in [9.17, 15) is 19.5 Å². The Bertz CT molecular complexity index is 1130. The first kappa shape index (κ1) is 23.6. The number of nitrogens with zero attached hydrogens (tertiary/aromatic N) is 2. The molecule has 0 aliphatic carbocycles. The number of Topliss-reactive ketones (excluding diaryl/α,β-unsaturated/α-hetero) is 1. The monoisotopic (exact) mass is 455 g/mol. The molecule has 1 heterocycles. The third-order valence-electron chi connectivity index (χ3n) is 5.27. The lowest BCUT2D eigenvalue weighted by Gasteiger charge is -2.17. The number of esters is 1. The zero-order valence-corrected chi connectivity index (χ0v) is 18.3. The Morgan fingerprint density at radius 2 is 1.97 bits per heavy atom. The van der Waals surface area contributed by atoms with Gasteiger partial charge in [-0.15, -0.1) is 0 Å². The highest BCUT2D eigenvalue weighted by molar-refractivity contribution is 6.06. The number of oxime groups is 1. The first-order valence-corrected chi connectivity index (χ1v) is 10.4. The van der Waals surface area contributed by atoms with Gasteiger partial charge in [0.1, 0.15) is 11.5 Å². The molecule has 1 aliphatic heterocycles. The van der Waals surface area contributed by atoms with Crippen molar-refractivity contribution in [3.8, 4) is 11.5 Å². The fourth-order valence-corrected chi connectivity index (χ4v) is 3.64. The molecule has 4 N–H and O–H groups in total. The van der Waals surface area contributed by atoms with E-state index in [0.717, 1.165) is 0 Å². The predicted octanol–water partition coefficient (Wildman–Crippen LogP) is 1.83. The average Bonchev–Trinajstić information content (AvgIpc) is 3.11. The SMILES string of the molecule is CCOC(=O)COc1ccc(C(=O)CN2Cc3cc(C(N)=NO)ccc3C2=O)c(O)c1CC. The lowest BCUT2D eigenvalue weighted by molar-refractivity contribution is -0.145. The first-order valence-electron chi connectivity index (χ1n) is 10.4. The molecule has 33 heavy (non-hydrogen) atoms. The van der Waals surface area contributed by atoms with Gasteiger partial charge in [-0.25, -0.2) is 4.79 Å². The van der Waals surface area contributed by atoms with Crippen molar-refractivity contribution in [1.82, 2.24) is 4.90 Å². The third-order valence-corrected chi connectivity index (χ3v) is 5.27. The maximum Gasteiger partial charge on any atom is 0.344 e. The summed E-state index contributed by atoms with van der Waals surface area (Å²) in [7, 11) is 0. The molecule has 0 bridgehead atoms. The van der Waals surface area contributed by atoms with Crippen LogP contribution in [0.2, 0.25) is 0 Å². The molecule has 0 unspecified atom stereocenters. The molecule has 1 amide bonds. The molecule has 0 fully saturated rings. The summed E-state index contributed by atoms with van der Waals surface area (Å²) in [5.41, 5.74) is 7.58. The van der Waals surface area contributed by atoms with E-state index < -0.39 is 11.8 Å². The number of carbonyl (C=O) groups excluding carboxylic acids is 3. The number of ketones is 1. The average molecular weight is 455 g/mol. The van der Waals surface area contributed by atoms with Crippen molar-refractivity contribution in [3.05, 3.63) is 58.1 Å². The van der Waals surface area contributed by atoms with Crippen molar-refractivity contribution >= 4 is 23.5 Å². The lowest BCUT2D eigenvalue weighted by Crippen LogP contribution is -2.30. The minimum atomic E-state index is -0.540. The smallest absolute Gasteiger partial charge is 0.344 e. The van der Waals surface area contributed by atoms with Crippen LogP contribution in [0.3, 0.4) is 0 Å². The molecule has 1 aliphatic rings. The van der Waals surface area contributed by atoms with Crippen LogP contribution in [0.25, 0.3) is 0 Å². The lowest BCUT2D eigenvalue weighted by atomic mass is 10.0. The van der Waals surface area contributed by atoms with Gasteiger partial charge in [-0.3, -0.25) is 9.59 Å². The van der Waals surface area contributed by atoms with Gasteiger partial charge in [-0.05, 0) is 43.2 Å². The highest BCUT2D eigenvalue weighted by atomic mass is 16.6. The zero-order valence-electron chi connectivity index (χ0n) is 18.3. The van der Waals surface area contributed by atoms with E-state index >= 15 is 0 Å². The normalized spacial score (nSPS) is 13.1. The molecule has 2 aromatic carbocycles. The van der Waals surface area contributed by atoms with Crippen LogP contribution in [0, 0.1) is 0 Å². The van der Waals surface area contributed by atoms with Crippen LogP contribution in [0.15, 0.2) is 35.5 Å². The van der Waals surface area contributed by atoms with E-state index in [1.165, 1.54) is 17.0 Å². The Balaban J connectivity index is 1.76. The van der Waals surface area contributed by atoms with Crippen LogP contribution in [0.5, 0.6) is 11.5 Å². The number of benzene rings is 2. The molecule has 0 spiro atoms. The van der Waals surface area contributed by atoms with E-state index in [0.29, 0.717) is 28.7 Å². The van der Waals surface area contributed by atoms with Gasteiger partial charge in [0.15, 0.2) is 18.2 Å². The summed E-state index contributed by atoms with van der Waals surface area (Å²) in [5, 5.41) is 22.5. The van der Waals surface area contributed by atoms with Crippen LogP contribution in [0.4, 0.5) is 0 Å². The van der Waals surface area contributed by atoms with E-state index in [2.05, 4.69) is 5.16 Å². The van der Waals surface area contributed by atoms with Crippen LogP contribution >= 0.6 is 0 Å². The molecular weight excluding hydrogens is 430 g/mol. The number of ether oxygens (including phenoxy) is 2. The van der Waals surface area contributed by atoms with E-state index in [1.807, 2.05) is 0 Å². The van der Waals surface area contributed by atoms with Gasteiger partial charge >= 0.3 is 5.97 Å².